The Morgan fingerprint density at radius 2 is 2.00 bits per heavy atom. The molecule has 2 aliphatic rings. The predicted molar refractivity (Wildman–Crippen MR) is 81.6 cm³/mol. The molecule has 1 aromatic rings. The molecule has 0 spiro atoms. The van der Waals surface area contributed by atoms with E-state index in [1.807, 2.05) is 0 Å². The van der Waals surface area contributed by atoms with Crippen molar-refractivity contribution in [3.05, 3.63) is 17.1 Å². The van der Waals surface area contributed by atoms with Crippen molar-refractivity contribution in [2.75, 3.05) is 24.5 Å². The second kappa shape index (κ2) is 5.60. The van der Waals surface area contributed by atoms with Crippen LogP contribution in [-0.2, 0) is 6.42 Å². The molecule has 3 N–H and O–H groups in total. The number of amides is 1. The molecule has 0 aliphatic carbocycles. The molecule has 0 radical (unpaired) electrons. The van der Waals surface area contributed by atoms with E-state index in [4.69, 9.17) is 10.7 Å². The van der Waals surface area contributed by atoms with Crippen LogP contribution >= 0.6 is 0 Å². The Labute approximate surface area is 125 Å². The highest BCUT2D eigenvalue weighted by molar-refractivity contribution is 5.96. The molecule has 21 heavy (non-hydrogen) atoms. The second-order valence-corrected chi connectivity index (χ2v) is 6.22. The maximum Gasteiger partial charge on any atom is 0.270 e. The highest BCUT2D eigenvalue weighted by Gasteiger charge is 2.28. The van der Waals surface area contributed by atoms with Gasteiger partial charge in [-0.15, -0.1) is 0 Å². The van der Waals surface area contributed by atoms with Crippen LogP contribution in [0.1, 0.15) is 54.5 Å². The molecule has 114 valence electrons. The normalized spacial score (nSPS) is 19.6. The minimum absolute atomic E-state index is 0.0736. The summed E-state index contributed by atoms with van der Waals surface area (Å²) in [5.74, 6) is 1.83. The summed E-state index contributed by atoms with van der Waals surface area (Å²) < 4.78 is 0. The molecule has 1 fully saturated rings. The van der Waals surface area contributed by atoms with E-state index < -0.39 is 0 Å². The third kappa shape index (κ3) is 2.72. The summed E-state index contributed by atoms with van der Waals surface area (Å²) in [6.45, 7) is 6.58. The van der Waals surface area contributed by atoms with E-state index in [2.05, 4.69) is 29.0 Å². The Morgan fingerprint density at radius 3 is 2.67 bits per heavy atom. The van der Waals surface area contributed by atoms with Crippen LogP contribution in [0.4, 0.5) is 5.82 Å². The summed E-state index contributed by atoms with van der Waals surface area (Å²) in [5.41, 5.74) is 7.55. The van der Waals surface area contributed by atoms with Gasteiger partial charge in [-0.2, -0.15) is 0 Å². The van der Waals surface area contributed by atoms with Crippen LogP contribution in [0.3, 0.4) is 0 Å². The van der Waals surface area contributed by atoms with Crippen molar-refractivity contribution in [3.8, 4) is 0 Å². The Bertz CT molecular complexity index is 549. The number of fused-ring (bicyclic) bond motifs is 1. The number of aromatic nitrogens is 2. The van der Waals surface area contributed by atoms with Crippen molar-refractivity contribution in [3.63, 3.8) is 0 Å². The van der Waals surface area contributed by atoms with E-state index in [1.165, 1.54) is 0 Å². The minimum Gasteiger partial charge on any atom is -0.356 e. The fourth-order valence-electron chi connectivity index (χ4n) is 2.92. The molecule has 6 nitrogen and oxygen atoms in total. The fourth-order valence-corrected chi connectivity index (χ4v) is 2.92. The summed E-state index contributed by atoms with van der Waals surface area (Å²) in [4.78, 5) is 23.6. The molecule has 0 aromatic carbocycles. The molecule has 1 amide bonds. The van der Waals surface area contributed by atoms with Crippen LogP contribution in [0, 0.1) is 0 Å². The van der Waals surface area contributed by atoms with Crippen molar-refractivity contribution in [1.29, 1.82) is 0 Å². The number of hydrogen-bond acceptors (Lipinski definition) is 5. The first-order valence-electron chi connectivity index (χ1n) is 7.75. The molecule has 2 aliphatic heterocycles. The highest BCUT2D eigenvalue weighted by atomic mass is 16.1. The lowest BCUT2D eigenvalue weighted by Crippen LogP contribution is -2.42. The molecular weight excluding hydrogens is 266 g/mol. The molecule has 0 bridgehead atoms. The Hall–Kier alpha value is -1.69. The number of rotatable bonds is 2. The van der Waals surface area contributed by atoms with Crippen molar-refractivity contribution in [1.82, 2.24) is 15.3 Å². The standard InChI is InChI=1S/C15H23N5O/c1-9(2)13-18-12-11(3-6-17-15(12)21)14(19-13)20-7-4-10(16)5-8-20/h9-10H,3-8,16H2,1-2H3,(H,17,21). The zero-order valence-corrected chi connectivity index (χ0v) is 12.7. The number of nitrogens with one attached hydrogen (secondary N) is 1. The monoisotopic (exact) mass is 289 g/mol. The van der Waals surface area contributed by atoms with Gasteiger partial charge in [0, 0.05) is 37.2 Å². The van der Waals surface area contributed by atoms with E-state index in [1.54, 1.807) is 0 Å². The zero-order chi connectivity index (χ0) is 15.0. The van der Waals surface area contributed by atoms with Gasteiger partial charge in [0.2, 0.25) is 0 Å². The molecule has 0 saturated carbocycles. The van der Waals surface area contributed by atoms with Gasteiger partial charge in [-0.05, 0) is 19.3 Å². The number of anilines is 1. The van der Waals surface area contributed by atoms with Gasteiger partial charge in [-0.25, -0.2) is 9.97 Å². The number of nitrogens with zero attached hydrogens (tertiary/aromatic N) is 3. The zero-order valence-electron chi connectivity index (χ0n) is 12.7. The molecule has 3 rings (SSSR count). The fraction of sp³-hybridized carbons (Fsp3) is 0.667. The minimum atomic E-state index is -0.0736. The molecule has 0 atom stereocenters. The van der Waals surface area contributed by atoms with E-state index in [0.717, 1.165) is 49.6 Å². The van der Waals surface area contributed by atoms with Crippen LogP contribution in [-0.4, -0.2) is 41.6 Å². The van der Waals surface area contributed by atoms with Crippen LogP contribution in [0.2, 0.25) is 0 Å². The van der Waals surface area contributed by atoms with Crippen LogP contribution in [0.25, 0.3) is 0 Å². The molecule has 1 aromatic heterocycles. The van der Waals surface area contributed by atoms with E-state index >= 15 is 0 Å². The summed E-state index contributed by atoms with van der Waals surface area (Å²) in [6.07, 6.45) is 2.75. The summed E-state index contributed by atoms with van der Waals surface area (Å²) in [7, 11) is 0. The first-order chi connectivity index (χ1) is 10.1. The van der Waals surface area contributed by atoms with Crippen molar-refractivity contribution >= 4 is 11.7 Å². The SMILES string of the molecule is CC(C)c1nc2c(c(N3CCC(N)CC3)n1)CCNC2=O. The van der Waals surface area contributed by atoms with Gasteiger partial charge in [0.1, 0.15) is 17.3 Å². The van der Waals surface area contributed by atoms with Crippen LogP contribution < -0.4 is 16.0 Å². The first-order valence-corrected chi connectivity index (χ1v) is 7.75. The Morgan fingerprint density at radius 1 is 1.29 bits per heavy atom. The topological polar surface area (TPSA) is 84.1 Å². The quantitative estimate of drug-likeness (QED) is 0.842. The number of carbonyl (C=O) groups is 1. The number of nitrogens with two attached hydrogens (primary N) is 1. The maximum absolute atomic E-state index is 12.1. The molecule has 6 heteroatoms. The van der Waals surface area contributed by atoms with Gasteiger partial charge < -0.3 is 16.0 Å². The predicted octanol–water partition coefficient (Wildman–Crippen LogP) is 0.813. The van der Waals surface area contributed by atoms with Gasteiger partial charge in [-0.1, -0.05) is 13.8 Å². The molecule has 3 heterocycles. The van der Waals surface area contributed by atoms with E-state index in [-0.39, 0.29) is 17.9 Å². The third-order valence-electron chi connectivity index (χ3n) is 4.23. The number of piperidine rings is 1. The molecular formula is C15H23N5O. The summed E-state index contributed by atoms with van der Waals surface area (Å²) >= 11 is 0. The van der Waals surface area contributed by atoms with Crippen molar-refractivity contribution in [2.45, 2.75) is 45.1 Å². The van der Waals surface area contributed by atoms with Gasteiger partial charge in [-0.3, -0.25) is 4.79 Å². The maximum atomic E-state index is 12.1. The van der Waals surface area contributed by atoms with Gasteiger partial charge in [0.15, 0.2) is 0 Å². The Balaban J connectivity index is 2.03. The number of hydrogen-bond donors (Lipinski definition) is 2. The number of carbonyl (C=O) groups excluding carboxylic acids is 1. The Kier molecular flexibility index (Phi) is 3.80. The largest absolute Gasteiger partial charge is 0.356 e. The smallest absolute Gasteiger partial charge is 0.270 e. The summed E-state index contributed by atoms with van der Waals surface area (Å²) in [5, 5.41) is 2.87. The van der Waals surface area contributed by atoms with Gasteiger partial charge in [0.05, 0.1) is 0 Å². The summed E-state index contributed by atoms with van der Waals surface area (Å²) in [6, 6.07) is 0.284. The lowest BCUT2D eigenvalue weighted by Gasteiger charge is -2.33. The average Bonchev–Trinajstić information content (AvgIpc) is 2.47. The van der Waals surface area contributed by atoms with Gasteiger partial charge >= 0.3 is 0 Å². The lowest BCUT2D eigenvalue weighted by atomic mass is 10.0. The lowest BCUT2D eigenvalue weighted by molar-refractivity contribution is 0.0940. The molecule has 1 saturated heterocycles. The van der Waals surface area contributed by atoms with E-state index in [0.29, 0.717) is 12.2 Å². The van der Waals surface area contributed by atoms with Crippen molar-refractivity contribution < 1.29 is 4.79 Å². The van der Waals surface area contributed by atoms with Crippen LogP contribution in [0.15, 0.2) is 0 Å². The second-order valence-electron chi connectivity index (χ2n) is 6.22. The molecule has 0 unspecified atom stereocenters. The highest BCUT2D eigenvalue weighted by Crippen LogP contribution is 2.28. The first kappa shape index (κ1) is 14.3. The van der Waals surface area contributed by atoms with Crippen LogP contribution in [0.5, 0.6) is 0 Å². The average molecular weight is 289 g/mol. The van der Waals surface area contributed by atoms with Gasteiger partial charge in [0.25, 0.3) is 5.91 Å². The van der Waals surface area contributed by atoms with E-state index in [9.17, 15) is 4.79 Å². The third-order valence-corrected chi connectivity index (χ3v) is 4.23. The van der Waals surface area contributed by atoms with Crippen molar-refractivity contribution in [2.24, 2.45) is 5.73 Å².